The van der Waals surface area contributed by atoms with Gasteiger partial charge in [-0.2, -0.15) is 5.10 Å². The maximum absolute atomic E-state index is 4.98. The van der Waals surface area contributed by atoms with Gasteiger partial charge in [-0.05, 0) is 46.4 Å². The Morgan fingerprint density at radius 3 is 2.67 bits per heavy atom. The lowest BCUT2D eigenvalue weighted by atomic mass is 10.1. The minimum atomic E-state index is 0.872. The first-order valence-corrected chi connectivity index (χ1v) is 10.1. The number of rotatable bonds is 7. The maximum Gasteiger partial charge on any atom is 0.104 e. The Bertz CT molecular complexity index is 963. The van der Waals surface area contributed by atoms with E-state index in [4.69, 9.17) is 5.10 Å². The van der Waals surface area contributed by atoms with E-state index in [-0.39, 0.29) is 0 Å². The summed E-state index contributed by atoms with van der Waals surface area (Å²) in [5.41, 5.74) is 4.57. The van der Waals surface area contributed by atoms with E-state index >= 15 is 0 Å². The predicted octanol–water partition coefficient (Wildman–Crippen LogP) is 3.10. The fourth-order valence-corrected chi connectivity index (χ4v) is 4.47. The topological polar surface area (TPSA) is 49.2 Å². The molecule has 27 heavy (non-hydrogen) atoms. The summed E-state index contributed by atoms with van der Waals surface area (Å²) in [5, 5.41) is 9.84. The molecular formula is C20H26N6S. The lowest BCUT2D eigenvalue weighted by Crippen LogP contribution is -2.21. The number of aromatic nitrogens is 3. The SMILES string of the molecule is CN(C)CCNc1ccc2c3c(nn2CCN(C)C)-c2cnccc2Sc13. The van der Waals surface area contributed by atoms with Crippen molar-refractivity contribution in [1.29, 1.82) is 0 Å². The molecule has 0 fully saturated rings. The van der Waals surface area contributed by atoms with E-state index in [2.05, 4.69) is 71.2 Å². The second-order valence-corrected chi connectivity index (χ2v) is 8.47. The molecule has 3 heterocycles. The van der Waals surface area contributed by atoms with Gasteiger partial charge in [0.05, 0.1) is 12.1 Å². The molecule has 1 aliphatic heterocycles. The zero-order valence-electron chi connectivity index (χ0n) is 16.4. The zero-order valence-corrected chi connectivity index (χ0v) is 17.2. The van der Waals surface area contributed by atoms with Gasteiger partial charge in [0.2, 0.25) is 0 Å². The summed E-state index contributed by atoms with van der Waals surface area (Å²) in [7, 11) is 8.38. The molecule has 0 radical (unpaired) electrons. The van der Waals surface area contributed by atoms with Crippen molar-refractivity contribution in [3.63, 3.8) is 0 Å². The van der Waals surface area contributed by atoms with Crippen molar-refractivity contribution in [2.24, 2.45) is 0 Å². The highest BCUT2D eigenvalue weighted by Crippen LogP contribution is 2.50. The van der Waals surface area contributed by atoms with Gasteiger partial charge in [0.15, 0.2) is 0 Å². The van der Waals surface area contributed by atoms with Crippen LogP contribution in [0.4, 0.5) is 5.69 Å². The monoisotopic (exact) mass is 382 g/mol. The van der Waals surface area contributed by atoms with Crippen molar-refractivity contribution in [3.8, 4) is 11.3 Å². The van der Waals surface area contributed by atoms with Crippen LogP contribution in [0.1, 0.15) is 0 Å². The van der Waals surface area contributed by atoms with Crippen LogP contribution in [-0.4, -0.2) is 72.4 Å². The number of pyridine rings is 1. The van der Waals surface area contributed by atoms with Crippen LogP contribution in [-0.2, 0) is 6.54 Å². The predicted molar refractivity (Wildman–Crippen MR) is 113 cm³/mol. The molecule has 2 aromatic heterocycles. The molecule has 6 nitrogen and oxygen atoms in total. The van der Waals surface area contributed by atoms with Gasteiger partial charge in [-0.3, -0.25) is 9.67 Å². The summed E-state index contributed by atoms with van der Waals surface area (Å²) < 4.78 is 2.14. The van der Waals surface area contributed by atoms with E-state index in [1.165, 1.54) is 26.4 Å². The van der Waals surface area contributed by atoms with Gasteiger partial charge < -0.3 is 15.1 Å². The molecule has 1 N–H and O–H groups in total. The average Bonchev–Trinajstić information content (AvgIpc) is 3.01. The number of anilines is 1. The third kappa shape index (κ3) is 3.54. The van der Waals surface area contributed by atoms with Crippen LogP contribution in [0.3, 0.4) is 0 Å². The van der Waals surface area contributed by atoms with Crippen LogP contribution in [0.5, 0.6) is 0 Å². The largest absolute Gasteiger partial charge is 0.383 e. The summed E-state index contributed by atoms with van der Waals surface area (Å²) in [4.78, 5) is 11.2. The third-order valence-electron chi connectivity index (χ3n) is 4.75. The van der Waals surface area contributed by atoms with Crippen LogP contribution in [0, 0.1) is 0 Å². The number of nitrogens with one attached hydrogen (secondary N) is 1. The molecule has 0 bridgehead atoms. The fourth-order valence-electron chi connectivity index (χ4n) is 3.31. The van der Waals surface area contributed by atoms with Gasteiger partial charge in [0, 0.05) is 58.5 Å². The Morgan fingerprint density at radius 1 is 1.07 bits per heavy atom. The number of fused-ring (bicyclic) bond motifs is 2. The smallest absolute Gasteiger partial charge is 0.104 e. The Balaban J connectivity index is 1.80. The van der Waals surface area contributed by atoms with Crippen molar-refractivity contribution >= 4 is 28.4 Å². The third-order valence-corrected chi connectivity index (χ3v) is 5.96. The molecule has 0 amide bonds. The van der Waals surface area contributed by atoms with Gasteiger partial charge in [0.25, 0.3) is 0 Å². The van der Waals surface area contributed by atoms with E-state index in [0.717, 1.165) is 37.4 Å². The molecule has 3 aromatic rings. The highest BCUT2D eigenvalue weighted by molar-refractivity contribution is 8.00. The highest BCUT2D eigenvalue weighted by Gasteiger charge is 2.26. The quantitative estimate of drug-likeness (QED) is 0.530. The number of nitrogens with zero attached hydrogens (tertiary/aromatic N) is 5. The van der Waals surface area contributed by atoms with E-state index in [1.807, 2.05) is 24.2 Å². The zero-order chi connectivity index (χ0) is 19.0. The molecule has 1 aliphatic rings. The first-order chi connectivity index (χ1) is 13.0. The lowest BCUT2D eigenvalue weighted by molar-refractivity contribution is 0.377. The van der Waals surface area contributed by atoms with E-state index in [1.54, 1.807) is 0 Å². The summed E-state index contributed by atoms with van der Waals surface area (Å²) in [5.74, 6) is 0. The summed E-state index contributed by atoms with van der Waals surface area (Å²) in [6.07, 6.45) is 3.80. The normalized spacial score (nSPS) is 12.8. The summed E-state index contributed by atoms with van der Waals surface area (Å²) in [6, 6.07) is 6.49. The minimum Gasteiger partial charge on any atom is -0.383 e. The van der Waals surface area contributed by atoms with Crippen LogP contribution in [0.25, 0.3) is 22.2 Å². The molecule has 7 heteroatoms. The van der Waals surface area contributed by atoms with Gasteiger partial charge in [-0.25, -0.2) is 0 Å². The van der Waals surface area contributed by atoms with Crippen molar-refractivity contribution in [2.45, 2.75) is 16.3 Å². The fraction of sp³-hybridized carbons (Fsp3) is 0.400. The second kappa shape index (κ2) is 7.50. The van der Waals surface area contributed by atoms with Gasteiger partial charge in [-0.1, -0.05) is 11.8 Å². The Labute approximate surface area is 164 Å². The molecule has 0 saturated heterocycles. The molecule has 1 aromatic carbocycles. The second-order valence-electron chi connectivity index (χ2n) is 7.42. The molecule has 4 rings (SSSR count). The molecule has 142 valence electrons. The van der Waals surface area contributed by atoms with Crippen molar-refractivity contribution < 1.29 is 0 Å². The van der Waals surface area contributed by atoms with Gasteiger partial charge >= 0.3 is 0 Å². The molecular weight excluding hydrogens is 356 g/mol. The Morgan fingerprint density at radius 2 is 1.89 bits per heavy atom. The molecule has 0 saturated carbocycles. The van der Waals surface area contributed by atoms with E-state index < -0.39 is 0 Å². The molecule has 0 spiro atoms. The maximum atomic E-state index is 4.98. The number of hydrogen-bond donors (Lipinski definition) is 1. The minimum absolute atomic E-state index is 0.872. The first-order valence-electron chi connectivity index (χ1n) is 9.23. The highest BCUT2D eigenvalue weighted by atomic mass is 32.2. The molecule has 0 unspecified atom stereocenters. The van der Waals surface area contributed by atoms with Crippen molar-refractivity contribution in [2.75, 3.05) is 53.1 Å². The average molecular weight is 383 g/mol. The Kier molecular flexibility index (Phi) is 5.08. The summed E-state index contributed by atoms with van der Waals surface area (Å²) >= 11 is 1.82. The van der Waals surface area contributed by atoms with Crippen LogP contribution in [0.15, 0.2) is 40.4 Å². The van der Waals surface area contributed by atoms with Crippen molar-refractivity contribution in [1.82, 2.24) is 24.6 Å². The molecule has 0 atom stereocenters. The Hall–Kier alpha value is -2.09. The number of hydrogen-bond acceptors (Lipinski definition) is 6. The van der Waals surface area contributed by atoms with Crippen LogP contribution < -0.4 is 5.32 Å². The standard InChI is InChI=1S/C20H26N6S/c1-24(2)10-9-22-15-5-6-16-18-19(23-26(16)12-11-25(3)4)14-13-21-8-7-17(14)27-20(15)18/h5-8,13,22H,9-12H2,1-4H3. The lowest BCUT2D eigenvalue weighted by Gasteiger charge is -2.19. The van der Waals surface area contributed by atoms with Gasteiger partial charge in [-0.15, -0.1) is 0 Å². The summed E-state index contributed by atoms with van der Waals surface area (Å²) in [6.45, 7) is 3.75. The number of benzene rings is 1. The van der Waals surface area contributed by atoms with Crippen molar-refractivity contribution in [3.05, 3.63) is 30.6 Å². The van der Waals surface area contributed by atoms with E-state index in [0.29, 0.717) is 0 Å². The van der Waals surface area contributed by atoms with Crippen LogP contribution in [0.2, 0.25) is 0 Å². The number of likely N-dealkylation sites (N-methyl/N-ethyl adjacent to an activating group) is 2. The molecule has 0 aliphatic carbocycles. The first kappa shape index (κ1) is 18.3. The van der Waals surface area contributed by atoms with Crippen LogP contribution >= 0.6 is 11.8 Å². The van der Waals surface area contributed by atoms with Gasteiger partial charge in [0.1, 0.15) is 5.69 Å². The van der Waals surface area contributed by atoms with E-state index in [9.17, 15) is 0 Å².